The van der Waals surface area contributed by atoms with E-state index in [-0.39, 0.29) is 0 Å². The molecule has 0 aliphatic carbocycles. The van der Waals surface area contributed by atoms with Gasteiger partial charge in [-0.05, 0) is 0 Å². The predicted molar refractivity (Wildman–Crippen MR) is 51.5 cm³/mol. The molecule has 0 aliphatic rings. The highest BCUT2D eigenvalue weighted by atomic mass is 32.2. The lowest BCUT2D eigenvalue weighted by Crippen LogP contribution is -2.71. The molecule has 0 N–H and O–H groups in total. The van der Waals surface area contributed by atoms with E-state index in [4.69, 9.17) is 0 Å². The molecule has 0 unspecified atom stereocenters. The third-order valence-corrected chi connectivity index (χ3v) is 3.68. The Hall–Kier alpha value is -1.32. The maximum atomic E-state index is 13.0. The van der Waals surface area contributed by atoms with Crippen LogP contribution in [0.15, 0.2) is 0 Å². The van der Waals surface area contributed by atoms with Crippen LogP contribution in [0.3, 0.4) is 0 Å². The van der Waals surface area contributed by atoms with Gasteiger partial charge in [0.1, 0.15) is 0 Å². The van der Waals surface area contributed by atoms with Crippen molar-refractivity contribution < 1.29 is 92.3 Å². The molecule has 0 amide bonds. The van der Waals surface area contributed by atoms with Crippen molar-refractivity contribution in [1.82, 2.24) is 0 Å². The Morgan fingerprint density at radius 2 is 0.800 bits per heavy atom. The minimum Gasteiger partial charge on any atom is -0.743 e. The summed E-state index contributed by atoms with van der Waals surface area (Å²) in [5.41, 5.74) is 0. The standard InChI is InChI=1S/C8HF17O4S/c9-1(10,3(13,14)5(17,18)19)2(11,12)4(15,16)6(20,21)29-7(22,23)8(24,25)30(26,27)28/h(H,26,27,28)/p-1. The fourth-order valence-electron chi connectivity index (χ4n) is 1.19. The van der Waals surface area contributed by atoms with Gasteiger partial charge in [-0.1, -0.05) is 0 Å². The van der Waals surface area contributed by atoms with Crippen molar-refractivity contribution in [2.75, 3.05) is 0 Å². The van der Waals surface area contributed by atoms with Crippen molar-refractivity contribution in [3.05, 3.63) is 0 Å². The third-order valence-electron chi connectivity index (χ3n) is 2.81. The minimum atomic E-state index is -8.68. The number of alkyl halides is 17. The summed E-state index contributed by atoms with van der Waals surface area (Å²) in [6.45, 7) is 0. The lowest BCUT2D eigenvalue weighted by atomic mass is 9.97. The van der Waals surface area contributed by atoms with Gasteiger partial charge in [-0.2, -0.15) is 74.6 Å². The van der Waals surface area contributed by atoms with E-state index in [1.807, 2.05) is 0 Å². The molecule has 0 heterocycles. The van der Waals surface area contributed by atoms with E-state index in [1.165, 1.54) is 0 Å². The molecule has 0 radical (unpaired) electrons. The topological polar surface area (TPSA) is 66.4 Å². The van der Waals surface area contributed by atoms with E-state index in [9.17, 15) is 87.6 Å². The second-order valence-corrected chi connectivity index (χ2v) is 6.32. The molecule has 0 saturated carbocycles. The Morgan fingerprint density at radius 1 is 0.500 bits per heavy atom. The fraction of sp³-hybridized carbons (Fsp3) is 1.00. The first-order valence-electron chi connectivity index (χ1n) is 5.83. The van der Waals surface area contributed by atoms with Crippen molar-refractivity contribution in [2.24, 2.45) is 0 Å². The Kier molecular flexibility index (Phi) is 6.54. The van der Waals surface area contributed by atoms with Gasteiger partial charge < -0.3 is 4.55 Å². The van der Waals surface area contributed by atoms with Gasteiger partial charge >= 0.3 is 47.3 Å². The Balaban J connectivity index is 6.53. The van der Waals surface area contributed by atoms with Crippen LogP contribution in [-0.4, -0.2) is 60.3 Å². The van der Waals surface area contributed by atoms with E-state index < -0.39 is 57.5 Å². The van der Waals surface area contributed by atoms with Crippen LogP contribution < -0.4 is 0 Å². The van der Waals surface area contributed by atoms with Gasteiger partial charge in [0.25, 0.3) is 0 Å². The average molecular weight is 515 g/mol. The second-order valence-electron chi connectivity index (χ2n) is 4.90. The minimum absolute atomic E-state index is 1.08. The highest BCUT2D eigenvalue weighted by Crippen LogP contribution is 2.61. The van der Waals surface area contributed by atoms with Crippen LogP contribution in [0.1, 0.15) is 0 Å². The van der Waals surface area contributed by atoms with Gasteiger partial charge in [0.05, 0.1) is 0 Å². The summed E-state index contributed by atoms with van der Waals surface area (Å²) in [6.07, 6.45) is -23.8. The Labute approximate surface area is 151 Å². The Morgan fingerprint density at radius 3 is 1.07 bits per heavy atom. The largest absolute Gasteiger partial charge is 0.743 e. The molecule has 0 fully saturated rings. The highest BCUT2D eigenvalue weighted by molar-refractivity contribution is 7.86. The Bertz CT molecular complexity index is 750. The number of ether oxygens (including phenoxy) is 1. The number of halogens is 17. The molecule has 4 nitrogen and oxygen atoms in total. The van der Waals surface area contributed by atoms with Gasteiger partial charge in [0, 0.05) is 0 Å². The molecule has 0 bridgehead atoms. The zero-order chi connectivity index (χ0) is 25.2. The molecular formula is C8F17O4S-. The van der Waals surface area contributed by atoms with E-state index in [0.29, 0.717) is 0 Å². The first-order valence-corrected chi connectivity index (χ1v) is 7.23. The van der Waals surface area contributed by atoms with Crippen molar-refractivity contribution in [1.29, 1.82) is 0 Å². The molecule has 0 rings (SSSR count). The average Bonchev–Trinajstić information content (AvgIpc) is 2.42. The van der Waals surface area contributed by atoms with E-state index in [1.54, 1.807) is 0 Å². The van der Waals surface area contributed by atoms with Crippen LogP contribution in [0.2, 0.25) is 0 Å². The second kappa shape index (κ2) is 6.84. The molecule has 0 aliphatic heterocycles. The summed E-state index contributed by atoms with van der Waals surface area (Å²) in [5.74, 6) is -34.1. The smallest absolute Gasteiger partial charge is 0.460 e. The monoisotopic (exact) mass is 515 g/mol. The molecule has 0 aromatic rings. The van der Waals surface area contributed by atoms with E-state index >= 15 is 0 Å². The molecule has 22 heteroatoms. The van der Waals surface area contributed by atoms with Crippen molar-refractivity contribution in [3.8, 4) is 0 Å². The van der Waals surface area contributed by atoms with Crippen LogP contribution in [-0.2, 0) is 14.9 Å². The fourth-order valence-corrected chi connectivity index (χ4v) is 1.52. The zero-order valence-electron chi connectivity index (χ0n) is 12.5. The quantitative estimate of drug-likeness (QED) is 0.355. The summed E-state index contributed by atoms with van der Waals surface area (Å²) < 4.78 is 245. The van der Waals surface area contributed by atoms with Crippen molar-refractivity contribution >= 4 is 10.1 Å². The number of rotatable bonds is 8. The first-order chi connectivity index (χ1) is 12.5. The SMILES string of the molecule is O=S(=O)([O-])C(F)(F)C(F)(F)OC(F)(F)C(F)(F)C(F)(F)C(F)(F)C(F)(F)C(F)(F)F. The molecule has 182 valence electrons. The zero-order valence-corrected chi connectivity index (χ0v) is 13.3. The van der Waals surface area contributed by atoms with Gasteiger partial charge in [0.2, 0.25) is 0 Å². The third kappa shape index (κ3) is 3.84. The maximum Gasteiger partial charge on any atom is 0.460 e. The van der Waals surface area contributed by atoms with Gasteiger partial charge in [-0.3, -0.25) is 0 Å². The molecule has 0 saturated heterocycles. The summed E-state index contributed by atoms with van der Waals surface area (Å²) >= 11 is 0. The summed E-state index contributed by atoms with van der Waals surface area (Å²) in [7, 11) is -7.83. The van der Waals surface area contributed by atoms with Gasteiger partial charge in [0.15, 0.2) is 10.1 Å². The summed E-state index contributed by atoms with van der Waals surface area (Å²) in [6, 6.07) is 0. The summed E-state index contributed by atoms with van der Waals surface area (Å²) in [4.78, 5) is 0. The lowest BCUT2D eigenvalue weighted by molar-refractivity contribution is -0.502. The van der Waals surface area contributed by atoms with Crippen molar-refractivity contribution in [3.63, 3.8) is 0 Å². The number of hydrogen-bond donors (Lipinski definition) is 0. The van der Waals surface area contributed by atoms with Gasteiger partial charge in [-0.15, -0.1) is 0 Å². The molecule has 30 heavy (non-hydrogen) atoms. The van der Waals surface area contributed by atoms with Crippen LogP contribution in [0, 0.1) is 0 Å². The van der Waals surface area contributed by atoms with Crippen LogP contribution in [0.5, 0.6) is 0 Å². The van der Waals surface area contributed by atoms with Crippen molar-refractivity contribution in [2.45, 2.75) is 47.3 Å². The molecule has 0 atom stereocenters. The highest BCUT2D eigenvalue weighted by Gasteiger charge is 2.92. The molecule has 0 aromatic carbocycles. The number of hydrogen-bond acceptors (Lipinski definition) is 4. The van der Waals surface area contributed by atoms with Crippen LogP contribution in [0.4, 0.5) is 74.6 Å². The van der Waals surface area contributed by atoms with Crippen LogP contribution in [0.25, 0.3) is 0 Å². The molecule has 0 spiro atoms. The normalized spacial score (nSPS) is 16.7. The van der Waals surface area contributed by atoms with E-state index in [2.05, 4.69) is 0 Å². The van der Waals surface area contributed by atoms with Gasteiger partial charge in [-0.25, -0.2) is 13.2 Å². The molecule has 0 aromatic heterocycles. The predicted octanol–water partition coefficient (Wildman–Crippen LogP) is 4.43. The van der Waals surface area contributed by atoms with Crippen LogP contribution >= 0.6 is 0 Å². The first kappa shape index (κ1) is 28.7. The lowest BCUT2D eigenvalue weighted by Gasteiger charge is -2.40. The molecular weight excluding hydrogens is 515 g/mol. The maximum absolute atomic E-state index is 13.0. The van der Waals surface area contributed by atoms with E-state index in [0.717, 1.165) is 4.74 Å². The summed E-state index contributed by atoms with van der Waals surface area (Å²) in [5, 5.41) is -7.48.